The Hall–Kier alpha value is -0.990. The monoisotopic (exact) mass is 286 g/mol. The van der Waals surface area contributed by atoms with Gasteiger partial charge in [-0.3, -0.25) is 4.79 Å². The van der Waals surface area contributed by atoms with E-state index in [1.54, 1.807) is 18.2 Å². The SMILES string of the molecule is CCCCCOc1c(Cl)cc(Cl)cc1/C=C/C=O. The van der Waals surface area contributed by atoms with E-state index in [0.717, 1.165) is 24.8 Å². The van der Waals surface area contributed by atoms with Crippen LogP contribution in [-0.2, 0) is 4.79 Å². The van der Waals surface area contributed by atoms with Crippen molar-refractivity contribution in [3.63, 3.8) is 0 Å². The van der Waals surface area contributed by atoms with Crippen LogP contribution in [0.4, 0.5) is 0 Å². The first-order valence-corrected chi connectivity index (χ1v) is 6.68. The van der Waals surface area contributed by atoms with Crippen LogP contribution in [0.3, 0.4) is 0 Å². The van der Waals surface area contributed by atoms with Crippen molar-refractivity contribution < 1.29 is 9.53 Å². The average Bonchev–Trinajstić information content (AvgIpc) is 2.34. The fraction of sp³-hybridized carbons (Fsp3) is 0.357. The Bertz CT molecular complexity index is 428. The highest BCUT2D eigenvalue weighted by atomic mass is 35.5. The maximum atomic E-state index is 10.4. The lowest BCUT2D eigenvalue weighted by atomic mass is 10.2. The van der Waals surface area contributed by atoms with Gasteiger partial charge in [0.2, 0.25) is 0 Å². The number of halogens is 2. The molecule has 0 aliphatic rings. The summed E-state index contributed by atoms with van der Waals surface area (Å²) in [5, 5.41) is 0.982. The summed E-state index contributed by atoms with van der Waals surface area (Å²) >= 11 is 12.0. The number of allylic oxidation sites excluding steroid dienone is 1. The minimum absolute atomic E-state index is 0.463. The van der Waals surface area contributed by atoms with Crippen LogP contribution in [0.5, 0.6) is 5.75 Å². The number of carbonyl (C=O) groups is 1. The Morgan fingerprint density at radius 1 is 1.28 bits per heavy atom. The van der Waals surface area contributed by atoms with E-state index in [0.29, 0.717) is 28.7 Å². The molecule has 0 aliphatic heterocycles. The van der Waals surface area contributed by atoms with Crippen molar-refractivity contribution in [2.24, 2.45) is 0 Å². The number of hydrogen-bond donors (Lipinski definition) is 0. The topological polar surface area (TPSA) is 26.3 Å². The molecule has 0 fully saturated rings. The molecule has 18 heavy (non-hydrogen) atoms. The second-order valence-corrected chi connectivity index (χ2v) is 4.70. The Morgan fingerprint density at radius 2 is 2.06 bits per heavy atom. The third-order valence-corrected chi connectivity index (χ3v) is 2.88. The minimum atomic E-state index is 0.463. The summed E-state index contributed by atoms with van der Waals surface area (Å²) < 4.78 is 5.66. The second-order valence-electron chi connectivity index (χ2n) is 3.86. The highest BCUT2D eigenvalue weighted by Crippen LogP contribution is 2.33. The molecule has 0 heterocycles. The van der Waals surface area contributed by atoms with Crippen LogP contribution in [-0.4, -0.2) is 12.9 Å². The molecule has 1 aromatic rings. The Balaban J connectivity index is 2.85. The van der Waals surface area contributed by atoms with Crippen LogP contribution in [0, 0.1) is 0 Å². The number of hydrogen-bond acceptors (Lipinski definition) is 2. The van der Waals surface area contributed by atoms with Gasteiger partial charge < -0.3 is 4.74 Å². The van der Waals surface area contributed by atoms with Crippen molar-refractivity contribution in [2.45, 2.75) is 26.2 Å². The number of unbranched alkanes of at least 4 members (excludes halogenated alkanes) is 2. The molecule has 1 rings (SSSR count). The Morgan fingerprint density at radius 3 is 2.72 bits per heavy atom. The van der Waals surface area contributed by atoms with Crippen molar-refractivity contribution in [1.82, 2.24) is 0 Å². The number of ether oxygens (including phenoxy) is 1. The van der Waals surface area contributed by atoms with Gasteiger partial charge >= 0.3 is 0 Å². The summed E-state index contributed by atoms with van der Waals surface area (Å²) in [7, 11) is 0. The predicted molar refractivity (Wildman–Crippen MR) is 76.6 cm³/mol. The standard InChI is InChI=1S/C14H16Cl2O2/c1-2-3-4-8-18-14-11(6-5-7-17)9-12(15)10-13(14)16/h5-7,9-10H,2-4,8H2,1H3/b6-5+. The van der Waals surface area contributed by atoms with Gasteiger partial charge in [-0.05, 0) is 30.7 Å². The fourth-order valence-electron chi connectivity index (χ4n) is 1.53. The zero-order chi connectivity index (χ0) is 13.4. The average molecular weight is 287 g/mol. The van der Waals surface area contributed by atoms with Gasteiger partial charge in [-0.15, -0.1) is 0 Å². The highest BCUT2D eigenvalue weighted by molar-refractivity contribution is 6.35. The van der Waals surface area contributed by atoms with Gasteiger partial charge in [0.15, 0.2) is 0 Å². The lowest BCUT2D eigenvalue weighted by molar-refractivity contribution is -0.104. The van der Waals surface area contributed by atoms with Gasteiger partial charge in [-0.2, -0.15) is 0 Å². The van der Waals surface area contributed by atoms with E-state index >= 15 is 0 Å². The summed E-state index contributed by atoms with van der Waals surface area (Å²) in [4.78, 5) is 10.4. The van der Waals surface area contributed by atoms with Crippen molar-refractivity contribution in [1.29, 1.82) is 0 Å². The van der Waals surface area contributed by atoms with Gasteiger partial charge in [0, 0.05) is 10.6 Å². The maximum absolute atomic E-state index is 10.4. The minimum Gasteiger partial charge on any atom is -0.491 e. The number of rotatable bonds is 7. The van der Waals surface area contributed by atoms with E-state index in [2.05, 4.69) is 6.92 Å². The molecule has 0 bridgehead atoms. The summed E-state index contributed by atoms with van der Waals surface area (Å²) in [5.74, 6) is 0.579. The molecule has 0 saturated carbocycles. The molecule has 0 unspecified atom stereocenters. The van der Waals surface area contributed by atoms with Gasteiger partial charge in [0.1, 0.15) is 12.0 Å². The first-order chi connectivity index (χ1) is 8.69. The Labute approximate surface area is 118 Å². The summed E-state index contributed by atoms with van der Waals surface area (Å²) in [6.45, 7) is 2.74. The van der Waals surface area contributed by atoms with Crippen LogP contribution >= 0.6 is 23.2 Å². The molecule has 0 saturated heterocycles. The summed E-state index contributed by atoms with van der Waals surface area (Å²) in [6.07, 6.45) is 6.96. The van der Waals surface area contributed by atoms with Crippen LogP contribution in [0.1, 0.15) is 31.7 Å². The molecule has 2 nitrogen and oxygen atoms in total. The van der Waals surface area contributed by atoms with E-state index in [1.165, 1.54) is 6.08 Å². The van der Waals surface area contributed by atoms with Crippen LogP contribution < -0.4 is 4.74 Å². The largest absolute Gasteiger partial charge is 0.491 e. The first kappa shape index (κ1) is 15.1. The normalized spacial score (nSPS) is 10.8. The van der Waals surface area contributed by atoms with E-state index in [4.69, 9.17) is 27.9 Å². The Kier molecular flexibility index (Phi) is 6.84. The number of aldehydes is 1. The van der Waals surface area contributed by atoms with Crippen LogP contribution in [0.25, 0.3) is 6.08 Å². The molecule has 1 aromatic carbocycles. The molecule has 0 spiro atoms. The third-order valence-electron chi connectivity index (χ3n) is 2.39. The molecule has 0 aromatic heterocycles. The van der Waals surface area contributed by atoms with E-state index in [9.17, 15) is 4.79 Å². The van der Waals surface area contributed by atoms with Gasteiger partial charge in [0.05, 0.1) is 11.6 Å². The van der Waals surface area contributed by atoms with Crippen molar-refractivity contribution in [3.8, 4) is 5.75 Å². The van der Waals surface area contributed by atoms with Crippen molar-refractivity contribution in [2.75, 3.05) is 6.61 Å². The fourth-order valence-corrected chi connectivity index (χ4v) is 2.09. The van der Waals surface area contributed by atoms with E-state index in [-0.39, 0.29) is 0 Å². The molecule has 0 amide bonds. The van der Waals surface area contributed by atoms with Gasteiger partial charge in [-0.1, -0.05) is 43.0 Å². The summed E-state index contributed by atoms with van der Waals surface area (Å²) in [6, 6.07) is 3.36. The second kappa shape index (κ2) is 8.17. The van der Waals surface area contributed by atoms with Crippen molar-refractivity contribution in [3.05, 3.63) is 33.8 Å². The maximum Gasteiger partial charge on any atom is 0.145 e. The lowest BCUT2D eigenvalue weighted by Crippen LogP contribution is -1.99. The zero-order valence-corrected chi connectivity index (χ0v) is 11.8. The number of benzene rings is 1. The van der Waals surface area contributed by atoms with E-state index in [1.807, 2.05) is 0 Å². The number of carbonyl (C=O) groups excluding carboxylic acids is 1. The highest BCUT2D eigenvalue weighted by Gasteiger charge is 2.08. The van der Waals surface area contributed by atoms with Crippen LogP contribution in [0.15, 0.2) is 18.2 Å². The predicted octanol–water partition coefficient (Wildman–Crippen LogP) is 4.77. The molecule has 0 atom stereocenters. The molecule has 0 radical (unpaired) electrons. The first-order valence-electron chi connectivity index (χ1n) is 5.92. The smallest absolute Gasteiger partial charge is 0.145 e. The molecule has 98 valence electrons. The lowest BCUT2D eigenvalue weighted by Gasteiger charge is -2.11. The van der Waals surface area contributed by atoms with Gasteiger partial charge in [-0.25, -0.2) is 0 Å². The third kappa shape index (κ3) is 4.71. The molecular formula is C14H16Cl2O2. The molecule has 4 heteroatoms. The molecule has 0 N–H and O–H groups in total. The van der Waals surface area contributed by atoms with Crippen molar-refractivity contribution >= 4 is 35.6 Å². The molecule has 0 aliphatic carbocycles. The van der Waals surface area contributed by atoms with Gasteiger partial charge in [0.25, 0.3) is 0 Å². The quantitative estimate of drug-likeness (QED) is 0.410. The molecular weight excluding hydrogens is 271 g/mol. The van der Waals surface area contributed by atoms with Crippen LogP contribution in [0.2, 0.25) is 10.0 Å². The zero-order valence-electron chi connectivity index (χ0n) is 10.3. The van der Waals surface area contributed by atoms with E-state index < -0.39 is 0 Å². The summed E-state index contributed by atoms with van der Waals surface area (Å²) in [5.41, 5.74) is 0.719.